The standard InChI is InChI=1S/C22H26N2O7/c1-3-19(25)20(26)24(23-22(29)31-14-16-7-5-4-6-8-16)18(21(27)28)13-15-9-11-17(30-2)12-10-15/h4-12,18-19,25H,3,13-14H2,1-2H3,(H,23,29)(H,27,28)/t18-,19?/m0/s1. The molecule has 2 rings (SSSR count). The first-order valence-electron chi connectivity index (χ1n) is 9.69. The first-order valence-corrected chi connectivity index (χ1v) is 9.69. The van der Waals surface area contributed by atoms with E-state index in [9.17, 15) is 24.6 Å². The van der Waals surface area contributed by atoms with E-state index >= 15 is 0 Å². The van der Waals surface area contributed by atoms with Crippen LogP contribution in [0, 0.1) is 0 Å². The average molecular weight is 430 g/mol. The van der Waals surface area contributed by atoms with E-state index in [4.69, 9.17) is 9.47 Å². The van der Waals surface area contributed by atoms with E-state index in [1.54, 1.807) is 55.5 Å². The van der Waals surface area contributed by atoms with Crippen LogP contribution in [0.3, 0.4) is 0 Å². The van der Waals surface area contributed by atoms with Crippen LogP contribution in [0.25, 0.3) is 0 Å². The summed E-state index contributed by atoms with van der Waals surface area (Å²) in [6.07, 6.45) is -2.56. The fourth-order valence-corrected chi connectivity index (χ4v) is 2.75. The molecule has 0 spiro atoms. The van der Waals surface area contributed by atoms with Gasteiger partial charge in [-0.25, -0.2) is 20.0 Å². The molecule has 0 heterocycles. The number of amides is 2. The third-order valence-electron chi connectivity index (χ3n) is 4.52. The summed E-state index contributed by atoms with van der Waals surface area (Å²) < 4.78 is 10.2. The summed E-state index contributed by atoms with van der Waals surface area (Å²) in [7, 11) is 1.51. The summed E-state index contributed by atoms with van der Waals surface area (Å²) in [6, 6.07) is 14.0. The number of nitrogens with one attached hydrogen (secondary N) is 1. The summed E-state index contributed by atoms with van der Waals surface area (Å²) in [5.74, 6) is -1.71. The topological polar surface area (TPSA) is 125 Å². The van der Waals surface area contributed by atoms with Crippen LogP contribution in [-0.2, 0) is 27.4 Å². The number of carbonyl (C=O) groups is 3. The number of carbonyl (C=O) groups excluding carboxylic acids is 2. The van der Waals surface area contributed by atoms with Crippen molar-refractivity contribution < 1.29 is 34.1 Å². The highest BCUT2D eigenvalue weighted by Crippen LogP contribution is 2.15. The molecular formula is C22H26N2O7. The van der Waals surface area contributed by atoms with Crippen molar-refractivity contribution >= 4 is 18.0 Å². The lowest BCUT2D eigenvalue weighted by atomic mass is 10.0. The van der Waals surface area contributed by atoms with Crippen molar-refractivity contribution in [2.24, 2.45) is 0 Å². The van der Waals surface area contributed by atoms with Gasteiger partial charge in [-0.15, -0.1) is 0 Å². The SMILES string of the molecule is CCC(O)C(=O)N(NC(=O)OCc1ccccc1)[C@@H](Cc1ccc(OC)cc1)C(=O)O. The summed E-state index contributed by atoms with van der Waals surface area (Å²) in [5.41, 5.74) is 3.50. The fraction of sp³-hybridized carbons (Fsp3) is 0.318. The third-order valence-corrected chi connectivity index (χ3v) is 4.52. The summed E-state index contributed by atoms with van der Waals surface area (Å²) in [4.78, 5) is 36.9. The molecule has 0 fully saturated rings. The van der Waals surface area contributed by atoms with Gasteiger partial charge in [0.25, 0.3) is 5.91 Å². The van der Waals surface area contributed by atoms with Gasteiger partial charge >= 0.3 is 12.1 Å². The van der Waals surface area contributed by atoms with E-state index in [-0.39, 0.29) is 19.4 Å². The van der Waals surface area contributed by atoms with E-state index in [2.05, 4.69) is 5.43 Å². The van der Waals surface area contributed by atoms with Crippen molar-refractivity contribution in [3.8, 4) is 5.75 Å². The highest BCUT2D eigenvalue weighted by atomic mass is 16.6. The molecule has 2 atom stereocenters. The lowest BCUT2D eigenvalue weighted by Gasteiger charge is -2.30. The molecule has 2 aromatic carbocycles. The number of nitrogens with zero attached hydrogens (tertiary/aromatic N) is 1. The molecule has 2 aromatic rings. The normalized spacial score (nSPS) is 12.4. The van der Waals surface area contributed by atoms with Gasteiger partial charge in [0.05, 0.1) is 7.11 Å². The van der Waals surface area contributed by atoms with Gasteiger partial charge in [0.2, 0.25) is 0 Å². The molecule has 2 amide bonds. The average Bonchev–Trinajstić information content (AvgIpc) is 2.79. The number of aliphatic hydroxyl groups is 1. The van der Waals surface area contributed by atoms with Crippen molar-refractivity contribution in [3.05, 3.63) is 65.7 Å². The molecule has 0 aliphatic heterocycles. The minimum Gasteiger partial charge on any atom is -0.497 e. The molecule has 31 heavy (non-hydrogen) atoms. The van der Waals surface area contributed by atoms with Gasteiger partial charge in [-0.1, -0.05) is 49.4 Å². The van der Waals surface area contributed by atoms with Crippen LogP contribution in [0.5, 0.6) is 5.75 Å². The number of hydrogen-bond acceptors (Lipinski definition) is 6. The Balaban J connectivity index is 2.18. The van der Waals surface area contributed by atoms with Gasteiger partial charge in [0.15, 0.2) is 6.04 Å². The minimum absolute atomic E-state index is 0.0466. The van der Waals surface area contributed by atoms with Gasteiger partial charge in [0, 0.05) is 6.42 Å². The molecule has 0 saturated heterocycles. The van der Waals surface area contributed by atoms with Crippen LogP contribution in [0.15, 0.2) is 54.6 Å². The highest BCUT2D eigenvalue weighted by Gasteiger charge is 2.34. The zero-order chi connectivity index (χ0) is 22.8. The number of carboxylic acids is 1. The van der Waals surface area contributed by atoms with Gasteiger partial charge in [0.1, 0.15) is 18.5 Å². The molecule has 0 radical (unpaired) electrons. The molecule has 0 bridgehead atoms. The molecule has 3 N–H and O–H groups in total. The van der Waals surface area contributed by atoms with Crippen molar-refractivity contribution in [1.29, 1.82) is 0 Å². The Hall–Kier alpha value is -3.59. The number of aliphatic carboxylic acids is 1. The molecule has 166 valence electrons. The Morgan fingerprint density at radius 1 is 1.03 bits per heavy atom. The molecular weight excluding hydrogens is 404 g/mol. The van der Waals surface area contributed by atoms with Crippen molar-refractivity contribution in [3.63, 3.8) is 0 Å². The van der Waals surface area contributed by atoms with E-state index in [0.717, 1.165) is 5.56 Å². The van der Waals surface area contributed by atoms with Crippen molar-refractivity contribution in [2.45, 2.75) is 38.5 Å². The third kappa shape index (κ3) is 7.00. The largest absolute Gasteiger partial charge is 0.497 e. The number of aliphatic hydroxyl groups excluding tert-OH is 1. The summed E-state index contributed by atoms with van der Waals surface area (Å²) in [6.45, 7) is 1.50. The smallest absolute Gasteiger partial charge is 0.426 e. The molecule has 0 aromatic heterocycles. The Morgan fingerprint density at radius 2 is 1.68 bits per heavy atom. The van der Waals surface area contributed by atoms with Crippen molar-refractivity contribution in [1.82, 2.24) is 10.4 Å². The van der Waals surface area contributed by atoms with Crippen LogP contribution in [0.1, 0.15) is 24.5 Å². The number of rotatable bonds is 9. The summed E-state index contributed by atoms with van der Waals surface area (Å²) >= 11 is 0. The van der Waals surface area contributed by atoms with E-state index in [0.29, 0.717) is 16.3 Å². The Kier molecular flexibility index (Phi) is 8.83. The number of ether oxygens (including phenoxy) is 2. The second-order valence-corrected chi connectivity index (χ2v) is 6.71. The van der Waals surface area contributed by atoms with E-state index in [1.165, 1.54) is 7.11 Å². The molecule has 9 nitrogen and oxygen atoms in total. The van der Waals surface area contributed by atoms with Gasteiger partial charge in [-0.05, 0) is 29.7 Å². The zero-order valence-corrected chi connectivity index (χ0v) is 17.4. The van der Waals surface area contributed by atoms with Crippen LogP contribution in [-0.4, -0.2) is 52.4 Å². The van der Waals surface area contributed by atoms with E-state index < -0.39 is 30.1 Å². The van der Waals surface area contributed by atoms with Crippen molar-refractivity contribution in [2.75, 3.05) is 7.11 Å². The van der Waals surface area contributed by atoms with Gasteiger partial charge in [-0.3, -0.25) is 4.79 Å². The van der Waals surface area contributed by atoms with Crippen LogP contribution < -0.4 is 10.2 Å². The second kappa shape index (κ2) is 11.6. The maximum atomic E-state index is 12.6. The Bertz CT molecular complexity index is 871. The fourth-order valence-electron chi connectivity index (χ4n) is 2.75. The Labute approximate surface area is 180 Å². The number of methoxy groups -OCH3 is 1. The minimum atomic E-state index is -1.48. The molecule has 0 aliphatic carbocycles. The first kappa shape index (κ1) is 23.7. The quantitative estimate of drug-likeness (QED) is 0.520. The lowest BCUT2D eigenvalue weighted by molar-refractivity contribution is -0.157. The van der Waals surface area contributed by atoms with E-state index in [1.807, 2.05) is 6.07 Å². The lowest BCUT2D eigenvalue weighted by Crippen LogP contribution is -2.58. The molecule has 9 heteroatoms. The molecule has 0 saturated carbocycles. The second-order valence-electron chi connectivity index (χ2n) is 6.71. The molecule has 1 unspecified atom stereocenters. The van der Waals surface area contributed by atoms with Crippen LogP contribution in [0.2, 0.25) is 0 Å². The summed E-state index contributed by atoms with van der Waals surface area (Å²) in [5, 5.41) is 20.3. The monoisotopic (exact) mass is 430 g/mol. The maximum Gasteiger partial charge on any atom is 0.426 e. The Morgan fingerprint density at radius 3 is 2.23 bits per heavy atom. The number of hydrogen-bond donors (Lipinski definition) is 3. The van der Waals surface area contributed by atoms with Gasteiger partial charge in [-0.2, -0.15) is 0 Å². The first-order chi connectivity index (χ1) is 14.8. The van der Waals surface area contributed by atoms with Crippen LogP contribution in [0.4, 0.5) is 4.79 Å². The predicted octanol–water partition coefficient (Wildman–Crippen LogP) is 2.13. The molecule has 0 aliphatic rings. The number of carboxylic acid groups (broad SMARTS) is 1. The predicted molar refractivity (Wildman–Crippen MR) is 111 cm³/mol. The van der Waals surface area contributed by atoms with Gasteiger partial charge < -0.3 is 19.7 Å². The highest BCUT2D eigenvalue weighted by molar-refractivity contribution is 5.88. The number of benzene rings is 2. The zero-order valence-electron chi connectivity index (χ0n) is 17.4. The maximum absolute atomic E-state index is 12.6. The number of hydrazine groups is 1. The van der Waals surface area contributed by atoms with Crippen LogP contribution >= 0.6 is 0 Å².